The van der Waals surface area contributed by atoms with Crippen LogP contribution in [0.4, 0.5) is 4.79 Å². The van der Waals surface area contributed by atoms with E-state index in [1.54, 1.807) is 6.07 Å². The quantitative estimate of drug-likeness (QED) is 0.649. The first-order valence-corrected chi connectivity index (χ1v) is 4.73. The number of benzene rings is 1. The van der Waals surface area contributed by atoms with Gasteiger partial charge in [0.15, 0.2) is 0 Å². The molecule has 1 radical (unpaired) electrons. The fourth-order valence-corrected chi connectivity index (χ4v) is 1.50. The van der Waals surface area contributed by atoms with Crippen molar-refractivity contribution in [1.82, 2.24) is 10.2 Å². The van der Waals surface area contributed by atoms with Crippen molar-refractivity contribution in [3.05, 3.63) is 35.4 Å². The molecule has 1 aromatic rings. The van der Waals surface area contributed by atoms with Crippen molar-refractivity contribution in [3.8, 4) is 0 Å². The van der Waals surface area contributed by atoms with Crippen molar-refractivity contribution in [1.29, 1.82) is 0 Å². The van der Waals surface area contributed by atoms with Gasteiger partial charge in [-0.25, -0.2) is 4.79 Å². The van der Waals surface area contributed by atoms with E-state index in [0.29, 0.717) is 6.54 Å². The Morgan fingerprint density at radius 1 is 1.50 bits per heavy atom. The van der Waals surface area contributed by atoms with Gasteiger partial charge in [-0.15, -0.1) is 5.56 Å². The number of nitrogens with zero attached hydrogens (tertiary/aromatic N) is 1. The largest absolute Gasteiger partial charge is 0.329 e. The van der Waals surface area contributed by atoms with E-state index in [4.69, 9.17) is 0 Å². The number of imide groups is 1. The van der Waals surface area contributed by atoms with E-state index in [1.165, 1.54) is 4.90 Å². The van der Waals surface area contributed by atoms with E-state index in [2.05, 4.69) is 11.4 Å². The molecule has 5 heteroatoms. The molecule has 1 heterocycles. The van der Waals surface area contributed by atoms with Gasteiger partial charge in [0.05, 0.1) is 6.54 Å². The van der Waals surface area contributed by atoms with Crippen LogP contribution in [0.25, 0.3) is 0 Å². The average Bonchev–Trinajstić information content (AvgIpc) is 2.53. The molecular formula is C11H11N2O2Y-. The number of urea groups is 1. The summed E-state index contributed by atoms with van der Waals surface area (Å²) >= 11 is 0. The molecule has 0 atom stereocenters. The smallest absolute Gasteiger partial charge is 0.324 e. The Kier molecular flexibility index (Phi) is 4.62. The van der Waals surface area contributed by atoms with Gasteiger partial charge in [0, 0.05) is 39.3 Å². The zero-order valence-corrected chi connectivity index (χ0v) is 11.8. The molecule has 1 aliphatic heterocycles. The summed E-state index contributed by atoms with van der Waals surface area (Å²) in [6, 6.07) is 8.30. The number of carbonyl (C=O) groups excluding carboxylic acids is 2. The maximum Gasteiger partial charge on any atom is 0.324 e. The van der Waals surface area contributed by atoms with Crippen molar-refractivity contribution in [3.63, 3.8) is 0 Å². The number of rotatable bonds is 2. The van der Waals surface area contributed by atoms with Crippen LogP contribution in [0.2, 0.25) is 0 Å². The standard InChI is InChI=1S/C11H11N2O2.Y/c1-8-4-2-3-5-9(8)7-13-10(14)6-12-11(13)15;/h2-4H,6-7H2,1H3,(H,12,15);/q-1;. The first-order chi connectivity index (χ1) is 7.18. The molecule has 1 aromatic carbocycles. The van der Waals surface area contributed by atoms with Gasteiger partial charge < -0.3 is 5.32 Å². The molecular weight excluding hydrogens is 281 g/mol. The molecule has 0 saturated carbocycles. The molecule has 0 spiro atoms. The van der Waals surface area contributed by atoms with Crippen LogP contribution < -0.4 is 5.32 Å². The molecule has 1 saturated heterocycles. The van der Waals surface area contributed by atoms with Crippen LogP contribution in [0, 0.1) is 13.0 Å². The van der Waals surface area contributed by atoms with Gasteiger partial charge in [0.25, 0.3) is 0 Å². The maximum absolute atomic E-state index is 11.3. The summed E-state index contributed by atoms with van der Waals surface area (Å²) in [7, 11) is 0. The van der Waals surface area contributed by atoms with Crippen molar-refractivity contribution in [2.24, 2.45) is 0 Å². The molecule has 0 aliphatic carbocycles. The summed E-state index contributed by atoms with van der Waals surface area (Å²) in [5.41, 5.74) is 1.91. The third-order valence-corrected chi connectivity index (χ3v) is 2.43. The Hall–Kier alpha value is -0.736. The van der Waals surface area contributed by atoms with E-state index in [1.807, 2.05) is 19.1 Å². The number of hydrogen-bond acceptors (Lipinski definition) is 2. The molecule has 1 N–H and O–H groups in total. The Bertz CT molecular complexity index is 404. The van der Waals surface area contributed by atoms with Crippen LogP contribution in [-0.4, -0.2) is 23.4 Å². The summed E-state index contributed by atoms with van der Waals surface area (Å²) < 4.78 is 0. The van der Waals surface area contributed by atoms with Crippen molar-refractivity contribution in [2.75, 3.05) is 6.54 Å². The van der Waals surface area contributed by atoms with Crippen molar-refractivity contribution < 1.29 is 42.3 Å². The molecule has 81 valence electrons. The molecule has 4 nitrogen and oxygen atoms in total. The Morgan fingerprint density at radius 2 is 2.25 bits per heavy atom. The second-order valence-electron chi connectivity index (χ2n) is 3.47. The monoisotopic (exact) mass is 292 g/mol. The van der Waals surface area contributed by atoms with E-state index in [9.17, 15) is 9.59 Å². The van der Waals surface area contributed by atoms with Gasteiger partial charge in [0.1, 0.15) is 0 Å². The molecule has 1 fully saturated rings. The molecule has 0 unspecified atom stereocenters. The second kappa shape index (κ2) is 5.55. The zero-order chi connectivity index (χ0) is 10.8. The van der Waals surface area contributed by atoms with Crippen LogP contribution in [0.15, 0.2) is 18.2 Å². The molecule has 0 aromatic heterocycles. The number of carbonyl (C=O) groups is 2. The fraction of sp³-hybridized carbons (Fsp3) is 0.273. The normalized spacial score (nSPS) is 14.7. The van der Waals surface area contributed by atoms with Crippen LogP contribution in [0.5, 0.6) is 0 Å². The predicted octanol–water partition coefficient (Wildman–Crippen LogP) is 0.845. The van der Waals surface area contributed by atoms with E-state index >= 15 is 0 Å². The SMILES string of the molecule is Cc1ccc[c-]c1CN1C(=O)CNC1=O.[Y]. The van der Waals surface area contributed by atoms with Gasteiger partial charge in [0.2, 0.25) is 5.91 Å². The predicted molar refractivity (Wildman–Crippen MR) is 54.0 cm³/mol. The third kappa shape index (κ3) is 2.68. The van der Waals surface area contributed by atoms with Crippen LogP contribution >= 0.6 is 0 Å². The van der Waals surface area contributed by atoms with Crippen molar-refractivity contribution >= 4 is 11.9 Å². The van der Waals surface area contributed by atoms with Gasteiger partial charge >= 0.3 is 6.03 Å². The second-order valence-corrected chi connectivity index (χ2v) is 3.47. The van der Waals surface area contributed by atoms with Crippen LogP contribution in [-0.2, 0) is 44.0 Å². The topological polar surface area (TPSA) is 49.4 Å². The number of nitrogens with one attached hydrogen (secondary N) is 1. The maximum atomic E-state index is 11.3. The summed E-state index contributed by atoms with van der Waals surface area (Å²) in [5.74, 6) is -0.184. The van der Waals surface area contributed by atoms with Gasteiger partial charge in [-0.3, -0.25) is 9.69 Å². The number of aryl methyl sites for hydroxylation is 1. The van der Waals surface area contributed by atoms with Gasteiger partial charge in [-0.1, -0.05) is 6.92 Å². The average molecular weight is 292 g/mol. The number of hydrogen-bond donors (Lipinski definition) is 1. The summed E-state index contributed by atoms with van der Waals surface area (Å²) in [5, 5.41) is 2.48. The minimum atomic E-state index is -0.323. The summed E-state index contributed by atoms with van der Waals surface area (Å²) in [6.45, 7) is 2.34. The Morgan fingerprint density at radius 3 is 2.81 bits per heavy atom. The zero-order valence-electron chi connectivity index (χ0n) is 8.99. The molecule has 1 aliphatic rings. The van der Waals surface area contributed by atoms with Gasteiger partial charge in [-0.05, 0) is 0 Å². The first kappa shape index (κ1) is 13.3. The minimum Gasteiger partial charge on any atom is -0.329 e. The molecule has 2 rings (SSSR count). The van der Waals surface area contributed by atoms with E-state index in [0.717, 1.165) is 11.1 Å². The fourth-order valence-electron chi connectivity index (χ4n) is 1.50. The summed E-state index contributed by atoms with van der Waals surface area (Å²) in [4.78, 5) is 23.8. The number of amides is 3. The third-order valence-electron chi connectivity index (χ3n) is 2.43. The van der Waals surface area contributed by atoms with Crippen LogP contribution in [0.3, 0.4) is 0 Å². The van der Waals surface area contributed by atoms with Crippen LogP contribution in [0.1, 0.15) is 11.1 Å². The summed E-state index contributed by atoms with van der Waals surface area (Å²) in [6.07, 6.45) is 0. The Balaban J connectivity index is 0.00000128. The first-order valence-electron chi connectivity index (χ1n) is 4.73. The molecule has 0 bridgehead atoms. The molecule has 3 amide bonds. The van der Waals surface area contributed by atoms with Crippen molar-refractivity contribution in [2.45, 2.75) is 13.5 Å². The van der Waals surface area contributed by atoms with E-state index < -0.39 is 0 Å². The Labute approximate surface area is 119 Å². The minimum absolute atomic E-state index is 0. The van der Waals surface area contributed by atoms with E-state index in [-0.39, 0.29) is 51.2 Å². The molecule has 16 heavy (non-hydrogen) atoms. The van der Waals surface area contributed by atoms with Gasteiger partial charge in [-0.2, -0.15) is 29.8 Å².